The molecule has 1 unspecified atom stereocenters. The second-order valence-electron chi connectivity index (χ2n) is 6.15. The standard InChI is InChI=1S/C16H25ClN2/c1-4-16(3)7-9-19(10-8-16)15-6-5-13(12(2)18)11-14(15)17/h5-6,11-12H,4,7-10,18H2,1-3H3. The normalized spacial score (nSPS) is 20.4. The Kier molecular flexibility index (Phi) is 4.42. The zero-order chi connectivity index (χ0) is 14.0. The molecule has 0 aromatic heterocycles. The van der Waals surface area contributed by atoms with Crippen LogP contribution in [-0.2, 0) is 0 Å². The van der Waals surface area contributed by atoms with E-state index in [1.54, 1.807) is 0 Å². The molecule has 1 heterocycles. The van der Waals surface area contributed by atoms with Crippen molar-refractivity contribution >= 4 is 17.3 Å². The Morgan fingerprint density at radius 1 is 1.37 bits per heavy atom. The van der Waals surface area contributed by atoms with Gasteiger partial charge in [0, 0.05) is 19.1 Å². The van der Waals surface area contributed by atoms with E-state index in [2.05, 4.69) is 30.9 Å². The lowest BCUT2D eigenvalue weighted by molar-refractivity contribution is 0.238. The summed E-state index contributed by atoms with van der Waals surface area (Å²) in [5.74, 6) is 0. The third-order valence-corrected chi connectivity index (χ3v) is 4.97. The Morgan fingerprint density at radius 3 is 2.47 bits per heavy atom. The third-order valence-electron chi connectivity index (χ3n) is 4.66. The van der Waals surface area contributed by atoms with Crippen LogP contribution in [0.1, 0.15) is 51.6 Å². The maximum atomic E-state index is 6.41. The molecule has 1 aliphatic rings. The number of nitrogens with two attached hydrogens (primary N) is 1. The zero-order valence-corrected chi connectivity index (χ0v) is 13.0. The van der Waals surface area contributed by atoms with E-state index in [-0.39, 0.29) is 6.04 Å². The SMILES string of the molecule is CCC1(C)CCN(c2ccc(C(C)N)cc2Cl)CC1. The molecule has 0 aliphatic carbocycles. The second-order valence-corrected chi connectivity index (χ2v) is 6.56. The number of halogens is 1. The molecule has 19 heavy (non-hydrogen) atoms. The molecule has 2 nitrogen and oxygen atoms in total. The van der Waals surface area contributed by atoms with Crippen LogP contribution in [0.4, 0.5) is 5.69 Å². The smallest absolute Gasteiger partial charge is 0.0642 e. The molecule has 0 saturated carbocycles. The summed E-state index contributed by atoms with van der Waals surface area (Å²) in [6.07, 6.45) is 3.75. The van der Waals surface area contributed by atoms with Crippen LogP contribution in [0, 0.1) is 5.41 Å². The lowest BCUT2D eigenvalue weighted by atomic mass is 9.78. The van der Waals surface area contributed by atoms with Crippen molar-refractivity contribution in [1.29, 1.82) is 0 Å². The summed E-state index contributed by atoms with van der Waals surface area (Å²) >= 11 is 6.41. The Bertz CT molecular complexity index is 434. The fraction of sp³-hybridized carbons (Fsp3) is 0.625. The average Bonchev–Trinajstić information content (AvgIpc) is 2.40. The highest BCUT2D eigenvalue weighted by atomic mass is 35.5. The third kappa shape index (κ3) is 3.24. The van der Waals surface area contributed by atoms with Gasteiger partial charge >= 0.3 is 0 Å². The first-order chi connectivity index (χ1) is 8.95. The van der Waals surface area contributed by atoms with Crippen molar-refractivity contribution in [3.63, 3.8) is 0 Å². The van der Waals surface area contributed by atoms with Crippen molar-refractivity contribution in [2.45, 2.75) is 46.1 Å². The van der Waals surface area contributed by atoms with Crippen molar-refractivity contribution < 1.29 is 0 Å². The molecular formula is C16H25ClN2. The number of rotatable bonds is 3. The van der Waals surface area contributed by atoms with Crippen molar-refractivity contribution in [2.24, 2.45) is 11.1 Å². The number of hydrogen-bond acceptors (Lipinski definition) is 2. The van der Waals surface area contributed by atoms with Crippen LogP contribution in [0.2, 0.25) is 5.02 Å². The minimum absolute atomic E-state index is 0.0382. The topological polar surface area (TPSA) is 29.3 Å². The van der Waals surface area contributed by atoms with Gasteiger partial charge in [0.2, 0.25) is 0 Å². The van der Waals surface area contributed by atoms with E-state index in [0.717, 1.165) is 29.4 Å². The molecule has 1 saturated heterocycles. The first kappa shape index (κ1) is 14.7. The van der Waals surface area contributed by atoms with Gasteiger partial charge < -0.3 is 10.6 Å². The van der Waals surface area contributed by atoms with Gasteiger partial charge in [-0.2, -0.15) is 0 Å². The van der Waals surface area contributed by atoms with Crippen molar-refractivity contribution in [3.8, 4) is 0 Å². The second kappa shape index (κ2) is 5.72. The molecular weight excluding hydrogens is 256 g/mol. The average molecular weight is 281 g/mol. The van der Waals surface area contributed by atoms with Gasteiger partial charge in [-0.05, 0) is 42.9 Å². The Hall–Kier alpha value is -0.730. The fourth-order valence-electron chi connectivity index (χ4n) is 2.70. The predicted octanol–water partition coefficient (Wildman–Crippen LogP) is 4.38. The molecule has 0 radical (unpaired) electrons. The van der Waals surface area contributed by atoms with E-state index in [0.29, 0.717) is 5.41 Å². The summed E-state index contributed by atoms with van der Waals surface area (Å²) in [5, 5.41) is 0.829. The van der Waals surface area contributed by atoms with Gasteiger partial charge in [0.1, 0.15) is 0 Å². The van der Waals surface area contributed by atoms with Gasteiger partial charge in [0.25, 0.3) is 0 Å². The molecule has 2 N–H and O–H groups in total. The number of nitrogens with zero attached hydrogens (tertiary/aromatic N) is 1. The highest BCUT2D eigenvalue weighted by molar-refractivity contribution is 6.33. The molecule has 3 heteroatoms. The maximum absolute atomic E-state index is 6.41. The first-order valence-corrected chi connectivity index (χ1v) is 7.63. The molecule has 1 aromatic carbocycles. The lowest BCUT2D eigenvalue weighted by Crippen LogP contribution is -2.38. The van der Waals surface area contributed by atoms with Crippen LogP contribution < -0.4 is 10.6 Å². The molecule has 1 atom stereocenters. The molecule has 0 amide bonds. The Balaban J connectivity index is 2.12. The van der Waals surface area contributed by atoms with Crippen LogP contribution in [0.15, 0.2) is 18.2 Å². The van der Waals surface area contributed by atoms with Crippen LogP contribution in [-0.4, -0.2) is 13.1 Å². The molecule has 0 bridgehead atoms. The van der Waals surface area contributed by atoms with Crippen molar-refractivity contribution in [1.82, 2.24) is 0 Å². The predicted molar refractivity (Wildman–Crippen MR) is 83.9 cm³/mol. The van der Waals surface area contributed by atoms with Gasteiger partial charge in [-0.1, -0.05) is 37.9 Å². The van der Waals surface area contributed by atoms with E-state index in [1.165, 1.54) is 19.3 Å². The Labute approximate surface area is 121 Å². The van der Waals surface area contributed by atoms with Gasteiger partial charge in [0.05, 0.1) is 10.7 Å². The number of piperidine rings is 1. The quantitative estimate of drug-likeness (QED) is 0.890. The van der Waals surface area contributed by atoms with E-state index >= 15 is 0 Å². The van der Waals surface area contributed by atoms with Gasteiger partial charge in [-0.25, -0.2) is 0 Å². The van der Waals surface area contributed by atoms with E-state index in [9.17, 15) is 0 Å². The van der Waals surface area contributed by atoms with E-state index in [1.807, 2.05) is 13.0 Å². The molecule has 106 valence electrons. The van der Waals surface area contributed by atoms with E-state index in [4.69, 9.17) is 17.3 Å². The summed E-state index contributed by atoms with van der Waals surface area (Å²) in [6.45, 7) is 8.87. The zero-order valence-electron chi connectivity index (χ0n) is 12.2. The molecule has 1 aromatic rings. The number of benzene rings is 1. The highest BCUT2D eigenvalue weighted by Crippen LogP contribution is 2.37. The van der Waals surface area contributed by atoms with Crippen LogP contribution in [0.25, 0.3) is 0 Å². The lowest BCUT2D eigenvalue weighted by Gasteiger charge is -2.40. The van der Waals surface area contributed by atoms with Crippen LogP contribution in [0.5, 0.6) is 0 Å². The first-order valence-electron chi connectivity index (χ1n) is 7.25. The van der Waals surface area contributed by atoms with Crippen LogP contribution >= 0.6 is 11.6 Å². The van der Waals surface area contributed by atoms with Gasteiger partial charge in [-0.15, -0.1) is 0 Å². The van der Waals surface area contributed by atoms with E-state index < -0.39 is 0 Å². The van der Waals surface area contributed by atoms with Gasteiger partial charge in [0.15, 0.2) is 0 Å². The largest absolute Gasteiger partial charge is 0.370 e. The summed E-state index contributed by atoms with van der Waals surface area (Å²) < 4.78 is 0. The molecule has 1 aliphatic heterocycles. The minimum atomic E-state index is 0.0382. The maximum Gasteiger partial charge on any atom is 0.0642 e. The Morgan fingerprint density at radius 2 is 2.00 bits per heavy atom. The summed E-state index contributed by atoms with van der Waals surface area (Å²) in [7, 11) is 0. The fourth-order valence-corrected chi connectivity index (χ4v) is 3.01. The molecule has 0 spiro atoms. The van der Waals surface area contributed by atoms with Crippen LogP contribution in [0.3, 0.4) is 0 Å². The number of hydrogen-bond donors (Lipinski definition) is 1. The highest BCUT2D eigenvalue weighted by Gasteiger charge is 2.28. The summed E-state index contributed by atoms with van der Waals surface area (Å²) in [4.78, 5) is 2.41. The minimum Gasteiger partial charge on any atom is -0.370 e. The monoisotopic (exact) mass is 280 g/mol. The van der Waals surface area contributed by atoms with Crippen molar-refractivity contribution in [3.05, 3.63) is 28.8 Å². The summed E-state index contributed by atoms with van der Waals surface area (Å²) in [6, 6.07) is 6.26. The van der Waals surface area contributed by atoms with Gasteiger partial charge in [-0.3, -0.25) is 0 Å². The van der Waals surface area contributed by atoms with Crippen molar-refractivity contribution in [2.75, 3.05) is 18.0 Å². The summed E-state index contributed by atoms with van der Waals surface area (Å²) in [5.41, 5.74) is 8.66. The molecule has 1 fully saturated rings. The molecule has 2 rings (SSSR count). The number of anilines is 1.